The van der Waals surface area contributed by atoms with Gasteiger partial charge >= 0.3 is 0 Å². The van der Waals surface area contributed by atoms with Crippen LogP contribution in [0.4, 0.5) is 0 Å². The minimum absolute atomic E-state index is 0.0266. The number of rotatable bonds is 9. The summed E-state index contributed by atoms with van der Waals surface area (Å²) in [5.41, 5.74) is 2.63. The summed E-state index contributed by atoms with van der Waals surface area (Å²) in [4.78, 5) is 44.3. The third-order valence-electron chi connectivity index (χ3n) is 5.35. The van der Waals surface area contributed by atoms with Gasteiger partial charge in [0.2, 0.25) is 0 Å². The van der Waals surface area contributed by atoms with Crippen molar-refractivity contribution >= 4 is 23.7 Å². The van der Waals surface area contributed by atoms with Gasteiger partial charge in [-0.15, -0.1) is 0 Å². The summed E-state index contributed by atoms with van der Waals surface area (Å²) in [6.07, 6.45) is 1.50. The second kappa shape index (κ2) is 11.3. The van der Waals surface area contributed by atoms with E-state index >= 15 is 0 Å². The number of amides is 3. The number of nitrogens with one attached hydrogen (secondary N) is 2. The Hall–Kier alpha value is -3.68. The highest BCUT2D eigenvalue weighted by Gasteiger charge is 2.34. The molecule has 0 saturated heterocycles. The molecule has 8 nitrogen and oxygen atoms in total. The number of guanidine groups is 1. The molecule has 2 N–H and O–H groups in total. The van der Waals surface area contributed by atoms with Crippen LogP contribution in [-0.4, -0.2) is 67.2 Å². The lowest BCUT2D eigenvalue weighted by atomic mass is 10.1. The van der Waals surface area contributed by atoms with Gasteiger partial charge in [-0.3, -0.25) is 19.3 Å². The number of benzene rings is 2. The zero-order chi connectivity index (χ0) is 23.8. The molecule has 174 valence electrons. The number of carbonyl (C=O) groups is 3. The van der Waals surface area contributed by atoms with Crippen LogP contribution >= 0.6 is 0 Å². The van der Waals surface area contributed by atoms with Crippen molar-refractivity contribution in [3.63, 3.8) is 0 Å². The van der Waals surface area contributed by atoms with Crippen molar-refractivity contribution in [1.82, 2.24) is 20.4 Å². The Morgan fingerprint density at radius 2 is 1.58 bits per heavy atom. The number of hydrogen-bond acceptors (Lipinski definition) is 4. The van der Waals surface area contributed by atoms with Crippen molar-refractivity contribution in [3.05, 3.63) is 70.8 Å². The predicted molar refractivity (Wildman–Crippen MR) is 128 cm³/mol. The van der Waals surface area contributed by atoms with Gasteiger partial charge in [0.1, 0.15) is 0 Å². The molecule has 3 amide bonds. The van der Waals surface area contributed by atoms with E-state index in [1.54, 1.807) is 43.3 Å². The highest BCUT2D eigenvalue weighted by Crippen LogP contribution is 2.22. The molecule has 0 bridgehead atoms. The molecule has 0 atom stereocenters. The monoisotopic (exact) mass is 449 g/mol. The van der Waals surface area contributed by atoms with Crippen LogP contribution in [0.15, 0.2) is 53.5 Å². The maximum Gasteiger partial charge on any atom is 0.261 e. The molecule has 0 saturated carbocycles. The summed E-state index contributed by atoms with van der Waals surface area (Å²) in [5, 5.41) is 6.51. The van der Waals surface area contributed by atoms with Crippen LogP contribution in [0.3, 0.4) is 0 Å². The first-order valence-electron chi connectivity index (χ1n) is 11.2. The first-order chi connectivity index (χ1) is 15.9. The molecular weight excluding hydrogens is 418 g/mol. The average molecular weight is 450 g/mol. The van der Waals surface area contributed by atoms with E-state index in [1.165, 1.54) is 4.90 Å². The summed E-state index contributed by atoms with van der Waals surface area (Å²) in [6, 6.07) is 14.4. The van der Waals surface area contributed by atoms with Crippen LogP contribution in [0.1, 0.15) is 56.4 Å². The zero-order valence-corrected chi connectivity index (χ0v) is 19.4. The molecule has 0 unspecified atom stereocenters. The van der Waals surface area contributed by atoms with Crippen molar-refractivity contribution in [2.45, 2.75) is 26.3 Å². The van der Waals surface area contributed by atoms with Crippen LogP contribution in [0, 0.1) is 0 Å². The van der Waals surface area contributed by atoms with Crippen LogP contribution in [0.25, 0.3) is 0 Å². The highest BCUT2D eigenvalue weighted by atomic mass is 16.2. The molecule has 0 radical (unpaired) electrons. The lowest BCUT2D eigenvalue weighted by Gasteiger charge is -2.15. The fraction of sp³-hybridized carbons (Fsp3) is 0.360. The van der Waals surface area contributed by atoms with E-state index in [1.807, 2.05) is 31.2 Å². The van der Waals surface area contributed by atoms with Gasteiger partial charge in [-0.2, -0.15) is 0 Å². The molecule has 33 heavy (non-hydrogen) atoms. The quantitative estimate of drug-likeness (QED) is 0.266. The molecular formula is C25H31N5O3. The molecule has 1 aliphatic heterocycles. The SMILES string of the molecule is CCNC(=NCc1ccc(C(=O)N(C)C)cc1)NCCCCN1C(=O)c2ccccc2C1=O. The van der Waals surface area contributed by atoms with Crippen LogP contribution in [0.5, 0.6) is 0 Å². The number of imide groups is 1. The standard InChI is InChI=1S/C25H31N5O3/c1-4-26-25(28-17-18-11-13-19(14-12-18)22(31)29(2)3)27-15-7-8-16-30-23(32)20-9-5-6-10-21(20)24(30)33/h5-6,9-14H,4,7-8,15-17H2,1-3H3,(H2,26,27,28). The molecule has 1 aliphatic rings. The lowest BCUT2D eigenvalue weighted by Crippen LogP contribution is -2.38. The normalized spacial score (nSPS) is 13.2. The smallest absolute Gasteiger partial charge is 0.261 e. The minimum Gasteiger partial charge on any atom is -0.357 e. The average Bonchev–Trinajstić information content (AvgIpc) is 3.07. The van der Waals surface area contributed by atoms with Crippen LogP contribution in [0.2, 0.25) is 0 Å². The summed E-state index contributed by atoms with van der Waals surface area (Å²) in [7, 11) is 3.46. The van der Waals surface area contributed by atoms with Gasteiger partial charge in [-0.05, 0) is 49.6 Å². The second-order valence-corrected chi connectivity index (χ2v) is 8.03. The van der Waals surface area contributed by atoms with Gasteiger partial charge in [0, 0.05) is 39.3 Å². The maximum atomic E-state index is 12.4. The van der Waals surface area contributed by atoms with E-state index in [0.717, 1.165) is 18.5 Å². The highest BCUT2D eigenvalue weighted by molar-refractivity contribution is 6.21. The molecule has 2 aromatic rings. The van der Waals surface area contributed by atoms with E-state index in [2.05, 4.69) is 15.6 Å². The molecule has 8 heteroatoms. The Kier molecular flexibility index (Phi) is 8.18. The number of nitrogens with zero attached hydrogens (tertiary/aromatic N) is 3. The number of aliphatic imine (C=N–C) groups is 1. The lowest BCUT2D eigenvalue weighted by molar-refractivity contribution is 0.0651. The van der Waals surface area contributed by atoms with Crippen molar-refractivity contribution in [3.8, 4) is 0 Å². The summed E-state index contributed by atoms with van der Waals surface area (Å²) in [5.74, 6) is 0.251. The molecule has 3 rings (SSSR count). The fourth-order valence-electron chi connectivity index (χ4n) is 3.57. The van der Waals surface area contributed by atoms with Gasteiger partial charge in [0.25, 0.3) is 17.7 Å². The number of fused-ring (bicyclic) bond motifs is 1. The van der Waals surface area contributed by atoms with E-state index in [4.69, 9.17) is 0 Å². The van der Waals surface area contributed by atoms with E-state index in [-0.39, 0.29) is 17.7 Å². The van der Waals surface area contributed by atoms with Gasteiger partial charge in [-0.1, -0.05) is 24.3 Å². The first kappa shape index (κ1) is 24.0. The largest absolute Gasteiger partial charge is 0.357 e. The third kappa shape index (κ3) is 5.97. The first-order valence-corrected chi connectivity index (χ1v) is 11.2. The predicted octanol–water partition coefficient (Wildman–Crippen LogP) is 2.52. The molecule has 1 heterocycles. The molecule has 0 fully saturated rings. The van der Waals surface area contributed by atoms with E-state index in [0.29, 0.717) is 48.7 Å². The summed E-state index contributed by atoms with van der Waals surface area (Å²) in [6.45, 7) is 4.30. The van der Waals surface area contributed by atoms with Gasteiger partial charge < -0.3 is 15.5 Å². The third-order valence-corrected chi connectivity index (χ3v) is 5.35. The molecule has 0 aromatic heterocycles. The van der Waals surface area contributed by atoms with Crippen molar-refractivity contribution < 1.29 is 14.4 Å². The Bertz CT molecular complexity index is 996. The fourth-order valence-corrected chi connectivity index (χ4v) is 3.57. The Morgan fingerprint density at radius 3 is 2.15 bits per heavy atom. The Morgan fingerprint density at radius 1 is 0.939 bits per heavy atom. The molecule has 0 spiro atoms. The minimum atomic E-state index is -0.211. The molecule has 0 aliphatic carbocycles. The maximum absolute atomic E-state index is 12.4. The summed E-state index contributed by atoms with van der Waals surface area (Å²) >= 11 is 0. The van der Waals surface area contributed by atoms with Gasteiger partial charge in [0.05, 0.1) is 17.7 Å². The Balaban J connectivity index is 1.45. The molecule has 2 aromatic carbocycles. The Labute approximate surface area is 194 Å². The van der Waals surface area contributed by atoms with Crippen LogP contribution < -0.4 is 10.6 Å². The van der Waals surface area contributed by atoms with Crippen molar-refractivity contribution in [2.75, 3.05) is 33.7 Å². The van der Waals surface area contributed by atoms with Crippen molar-refractivity contribution in [1.29, 1.82) is 0 Å². The number of carbonyl (C=O) groups excluding carboxylic acids is 3. The zero-order valence-electron chi connectivity index (χ0n) is 19.4. The number of unbranched alkanes of at least 4 members (excludes halogenated alkanes) is 1. The topological polar surface area (TPSA) is 94.1 Å². The van der Waals surface area contributed by atoms with E-state index < -0.39 is 0 Å². The van der Waals surface area contributed by atoms with E-state index in [9.17, 15) is 14.4 Å². The van der Waals surface area contributed by atoms with Crippen LogP contribution in [-0.2, 0) is 6.54 Å². The van der Waals surface area contributed by atoms with Gasteiger partial charge in [0.15, 0.2) is 5.96 Å². The summed E-state index contributed by atoms with van der Waals surface area (Å²) < 4.78 is 0. The van der Waals surface area contributed by atoms with Crippen molar-refractivity contribution in [2.24, 2.45) is 4.99 Å². The van der Waals surface area contributed by atoms with Gasteiger partial charge in [-0.25, -0.2) is 4.99 Å². The number of hydrogen-bond donors (Lipinski definition) is 2. The second-order valence-electron chi connectivity index (χ2n) is 8.03.